The molecule has 0 saturated carbocycles. The number of ether oxygens (including phenoxy) is 2. The van der Waals surface area contributed by atoms with Crippen molar-refractivity contribution >= 4 is 5.96 Å². The molecule has 0 amide bonds. The first-order valence-electron chi connectivity index (χ1n) is 5.96. The maximum atomic E-state index is 5.25. The molecule has 0 saturated heterocycles. The molecule has 0 aliphatic carbocycles. The Bertz CT molecular complexity index is 434. The first-order valence-corrected chi connectivity index (χ1v) is 5.96. The Labute approximate surface area is 114 Å². The zero-order valence-corrected chi connectivity index (χ0v) is 12.5. The van der Waals surface area contributed by atoms with E-state index in [9.17, 15) is 0 Å². The molecule has 0 atom stereocenters. The van der Waals surface area contributed by atoms with E-state index in [-0.39, 0.29) is 0 Å². The molecule has 1 aromatic rings. The largest absolute Gasteiger partial charge is 0.481 e. The van der Waals surface area contributed by atoms with Crippen molar-refractivity contribution in [3.8, 4) is 11.8 Å². The van der Waals surface area contributed by atoms with Crippen molar-refractivity contribution in [2.75, 3.05) is 42.4 Å². The predicted molar refractivity (Wildman–Crippen MR) is 75.9 cm³/mol. The summed E-state index contributed by atoms with van der Waals surface area (Å²) in [6.45, 7) is 0.506. The number of hydrogen-bond donors (Lipinski definition) is 0. The number of methoxy groups -OCH3 is 2. The van der Waals surface area contributed by atoms with Gasteiger partial charge in [-0.05, 0) is 6.07 Å². The minimum Gasteiger partial charge on any atom is -0.481 e. The van der Waals surface area contributed by atoms with Crippen LogP contribution in [-0.2, 0) is 6.54 Å². The van der Waals surface area contributed by atoms with Crippen LogP contribution < -0.4 is 9.47 Å². The van der Waals surface area contributed by atoms with Crippen molar-refractivity contribution in [2.45, 2.75) is 6.54 Å². The van der Waals surface area contributed by atoms with E-state index in [0.717, 1.165) is 11.5 Å². The molecular weight excluding hydrogens is 244 g/mol. The van der Waals surface area contributed by atoms with Gasteiger partial charge in [0.1, 0.15) is 0 Å². The third kappa shape index (κ3) is 4.01. The second-order valence-corrected chi connectivity index (χ2v) is 4.43. The van der Waals surface area contributed by atoms with Crippen LogP contribution in [0.2, 0.25) is 0 Å². The molecule has 0 fully saturated rings. The molecule has 0 spiro atoms. The van der Waals surface area contributed by atoms with Crippen LogP contribution in [0.15, 0.2) is 17.1 Å². The van der Waals surface area contributed by atoms with Gasteiger partial charge < -0.3 is 19.3 Å². The van der Waals surface area contributed by atoms with Crippen LogP contribution in [0.25, 0.3) is 0 Å². The lowest BCUT2D eigenvalue weighted by molar-refractivity contribution is 0.361. The summed E-state index contributed by atoms with van der Waals surface area (Å²) in [5.41, 5.74) is 0.921. The standard InChI is InChI=1S/C13H22N4O2/c1-16(2)13(17(3)4)14-9-10-7-8-11(18-5)15-12(10)19-6/h7-8H,9H2,1-6H3. The average Bonchev–Trinajstić information content (AvgIpc) is 2.38. The molecule has 19 heavy (non-hydrogen) atoms. The number of aromatic nitrogens is 1. The Morgan fingerprint density at radius 2 is 1.74 bits per heavy atom. The van der Waals surface area contributed by atoms with Crippen LogP contribution in [0.1, 0.15) is 5.56 Å². The van der Waals surface area contributed by atoms with Gasteiger partial charge in [-0.3, -0.25) is 0 Å². The average molecular weight is 266 g/mol. The molecule has 0 aliphatic rings. The van der Waals surface area contributed by atoms with Gasteiger partial charge in [-0.25, -0.2) is 4.99 Å². The van der Waals surface area contributed by atoms with Gasteiger partial charge in [0.2, 0.25) is 11.8 Å². The molecule has 0 bridgehead atoms. The molecule has 0 aromatic carbocycles. The predicted octanol–water partition coefficient (Wildman–Crippen LogP) is 1.08. The monoisotopic (exact) mass is 266 g/mol. The molecule has 1 aromatic heterocycles. The number of nitrogens with zero attached hydrogens (tertiary/aromatic N) is 4. The summed E-state index contributed by atoms with van der Waals surface area (Å²) in [5, 5.41) is 0. The minimum absolute atomic E-state index is 0.506. The Morgan fingerprint density at radius 3 is 2.21 bits per heavy atom. The van der Waals surface area contributed by atoms with Crippen LogP contribution >= 0.6 is 0 Å². The van der Waals surface area contributed by atoms with E-state index in [0.29, 0.717) is 18.3 Å². The number of guanidine groups is 1. The molecule has 0 aliphatic heterocycles. The molecule has 1 heterocycles. The molecule has 0 N–H and O–H groups in total. The van der Waals surface area contributed by atoms with E-state index in [1.807, 2.05) is 44.1 Å². The highest BCUT2D eigenvalue weighted by Gasteiger charge is 2.08. The van der Waals surface area contributed by atoms with E-state index in [1.54, 1.807) is 20.3 Å². The van der Waals surface area contributed by atoms with E-state index >= 15 is 0 Å². The summed E-state index contributed by atoms with van der Waals surface area (Å²) >= 11 is 0. The van der Waals surface area contributed by atoms with Gasteiger partial charge in [-0.1, -0.05) is 0 Å². The highest BCUT2D eigenvalue weighted by molar-refractivity contribution is 5.79. The molecule has 0 unspecified atom stereocenters. The molecule has 1 rings (SSSR count). The van der Waals surface area contributed by atoms with Crippen molar-refractivity contribution in [3.05, 3.63) is 17.7 Å². The van der Waals surface area contributed by atoms with Gasteiger partial charge in [0, 0.05) is 39.8 Å². The van der Waals surface area contributed by atoms with Crippen LogP contribution in [0.4, 0.5) is 0 Å². The van der Waals surface area contributed by atoms with Crippen molar-refractivity contribution < 1.29 is 9.47 Å². The van der Waals surface area contributed by atoms with Gasteiger partial charge in [0.15, 0.2) is 5.96 Å². The second-order valence-electron chi connectivity index (χ2n) is 4.43. The number of pyridine rings is 1. The first kappa shape index (κ1) is 15.1. The SMILES string of the molecule is COc1ccc(CN=C(N(C)C)N(C)C)c(OC)n1. The zero-order chi connectivity index (χ0) is 14.4. The lowest BCUT2D eigenvalue weighted by Crippen LogP contribution is -2.35. The fourth-order valence-electron chi connectivity index (χ4n) is 1.70. The Balaban J connectivity index is 2.95. The number of hydrogen-bond acceptors (Lipinski definition) is 4. The quantitative estimate of drug-likeness (QED) is 0.603. The summed E-state index contributed by atoms with van der Waals surface area (Å²) in [6, 6.07) is 3.72. The minimum atomic E-state index is 0.506. The molecule has 106 valence electrons. The summed E-state index contributed by atoms with van der Waals surface area (Å²) in [6.07, 6.45) is 0. The fraction of sp³-hybridized carbons (Fsp3) is 0.538. The molecule has 6 nitrogen and oxygen atoms in total. The molecular formula is C13H22N4O2. The van der Waals surface area contributed by atoms with E-state index in [2.05, 4.69) is 9.98 Å². The fourth-order valence-corrected chi connectivity index (χ4v) is 1.70. The van der Waals surface area contributed by atoms with Crippen molar-refractivity contribution in [2.24, 2.45) is 4.99 Å². The van der Waals surface area contributed by atoms with Crippen molar-refractivity contribution in [3.63, 3.8) is 0 Å². The van der Waals surface area contributed by atoms with E-state index in [4.69, 9.17) is 9.47 Å². The van der Waals surface area contributed by atoms with Crippen molar-refractivity contribution in [1.29, 1.82) is 0 Å². The van der Waals surface area contributed by atoms with Gasteiger partial charge in [0.05, 0.1) is 20.8 Å². The van der Waals surface area contributed by atoms with Crippen LogP contribution in [-0.4, -0.2) is 63.2 Å². The van der Waals surface area contributed by atoms with Crippen LogP contribution in [0.5, 0.6) is 11.8 Å². The van der Waals surface area contributed by atoms with E-state index in [1.165, 1.54) is 0 Å². The van der Waals surface area contributed by atoms with Gasteiger partial charge >= 0.3 is 0 Å². The normalized spacial score (nSPS) is 9.79. The maximum absolute atomic E-state index is 5.25. The lowest BCUT2D eigenvalue weighted by atomic mass is 10.2. The summed E-state index contributed by atoms with van der Waals surface area (Å²) in [7, 11) is 11.0. The Morgan fingerprint density at radius 1 is 1.11 bits per heavy atom. The topological polar surface area (TPSA) is 50.2 Å². The van der Waals surface area contributed by atoms with Gasteiger partial charge in [0.25, 0.3) is 0 Å². The highest BCUT2D eigenvalue weighted by atomic mass is 16.5. The molecule has 6 heteroatoms. The lowest BCUT2D eigenvalue weighted by Gasteiger charge is -2.22. The maximum Gasteiger partial charge on any atom is 0.221 e. The number of rotatable bonds is 4. The zero-order valence-electron chi connectivity index (χ0n) is 12.5. The summed E-state index contributed by atoms with van der Waals surface area (Å²) in [4.78, 5) is 12.7. The third-order valence-electron chi connectivity index (χ3n) is 2.51. The van der Waals surface area contributed by atoms with Gasteiger partial charge in [-0.2, -0.15) is 4.98 Å². The van der Waals surface area contributed by atoms with Crippen LogP contribution in [0.3, 0.4) is 0 Å². The number of aliphatic imine (C=N–C) groups is 1. The highest BCUT2D eigenvalue weighted by Crippen LogP contribution is 2.20. The van der Waals surface area contributed by atoms with E-state index < -0.39 is 0 Å². The molecule has 0 radical (unpaired) electrons. The smallest absolute Gasteiger partial charge is 0.221 e. The summed E-state index contributed by atoms with van der Waals surface area (Å²) < 4.78 is 10.3. The summed E-state index contributed by atoms with van der Waals surface area (Å²) in [5.74, 6) is 1.96. The van der Waals surface area contributed by atoms with Crippen molar-refractivity contribution in [1.82, 2.24) is 14.8 Å². The Kier molecular flexibility index (Phi) is 5.41. The van der Waals surface area contributed by atoms with Gasteiger partial charge in [-0.15, -0.1) is 0 Å². The second kappa shape index (κ2) is 6.82. The third-order valence-corrected chi connectivity index (χ3v) is 2.51. The Hall–Kier alpha value is -1.98. The first-order chi connectivity index (χ1) is 8.99. The van der Waals surface area contributed by atoms with Crippen LogP contribution in [0, 0.1) is 0 Å².